The molecule has 0 heterocycles. The average Bonchev–Trinajstić information content (AvgIpc) is 3.30. The van der Waals surface area contributed by atoms with Crippen molar-refractivity contribution in [2.75, 3.05) is 26.0 Å². The van der Waals surface area contributed by atoms with E-state index in [4.69, 9.17) is 4.74 Å². The Hall–Kier alpha value is -2.02. The number of benzene rings is 1. The molecule has 0 spiro atoms. The van der Waals surface area contributed by atoms with Crippen molar-refractivity contribution in [3.8, 4) is 0 Å². The second kappa shape index (κ2) is 8.58. The SMILES string of the molecule is CN(CC(=O)NC1CC1)C(=O)COC(=O)CSc1ccc2c(c1)CCC2. The molecule has 0 atom stereocenters. The lowest BCUT2D eigenvalue weighted by molar-refractivity contribution is -0.149. The van der Waals surface area contributed by atoms with Crippen molar-refractivity contribution in [1.82, 2.24) is 10.2 Å². The third kappa shape index (κ3) is 5.49. The summed E-state index contributed by atoms with van der Waals surface area (Å²) in [6, 6.07) is 6.55. The molecule has 26 heavy (non-hydrogen) atoms. The minimum Gasteiger partial charge on any atom is -0.455 e. The highest BCUT2D eigenvalue weighted by atomic mass is 32.2. The number of thioether (sulfide) groups is 1. The van der Waals surface area contributed by atoms with Crippen LogP contribution in [-0.4, -0.2) is 54.7 Å². The molecule has 0 bridgehead atoms. The van der Waals surface area contributed by atoms with Crippen molar-refractivity contribution in [2.45, 2.75) is 43.0 Å². The summed E-state index contributed by atoms with van der Waals surface area (Å²) in [6.07, 6.45) is 5.44. The zero-order valence-corrected chi connectivity index (χ0v) is 15.8. The van der Waals surface area contributed by atoms with Crippen LogP contribution in [0, 0.1) is 0 Å². The zero-order valence-electron chi connectivity index (χ0n) is 15.0. The average molecular weight is 376 g/mol. The summed E-state index contributed by atoms with van der Waals surface area (Å²) < 4.78 is 5.03. The van der Waals surface area contributed by atoms with Gasteiger partial charge in [0, 0.05) is 18.0 Å². The smallest absolute Gasteiger partial charge is 0.316 e. The van der Waals surface area contributed by atoms with E-state index in [0.29, 0.717) is 0 Å². The standard InChI is InChI=1S/C19H24N2O4S/c1-21(10-17(22)20-15-6-7-15)18(23)11-25-19(24)12-26-16-8-5-13-3-2-4-14(13)9-16/h5,8-9,15H,2-4,6-7,10-12H2,1H3,(H,20,22). The summed E-state index contributed by atoms with van der Waals surface area (Å²) in [6.45, 7) is -0.354. The van der Waals surface area contributed by atoms with E-state index in [1.54, 1.807) is 0 Å². The van der Waals surface area contributed by atoms with Crippen LogP contribution in [-0.2, 0) is 32.0 Å². The van der Waals surface area contributed by atoms with E-state index in [2.05, 4.69) is 17.4 Å². The number of amides is 2. The molecule has 2 aliphatic rings. The number of esters is 1. The van der Waals surface area contributed by atoms with Crippen LogP contribution in [0.1, 0.15) is 30.4 Å². The molecule has 0 aromatic heterocycles. The molecule has 0 saturated heterocycles. The summed E-state index contributed by atoms with van der Waals surface area (Å²) in [7, 11) is 1.53. The third-order valence-corrected chi connectivity index (χ3v) is 5.50. The van der Waals surface area contributed by atoms with E-state index in [9.17, 15) is 14.4 Å². The Labute approximate surface area is 157 Å². The first kappa shape index (κ1) is 18.8. The number of carbonyl (C=O) groups is 3. The second-order valence-electron chi connectivity index (χ2n) is 6.83. The largest absolute Gasteiger partial charge is 0.455 e. The number of hydrogen-bond donors (Lipinski definition) is 1. The van der Waals surface area contributed by atoms with Gasteiger partial charge in [-0.25, -0.2) is 0 Å². The first-order chi connectivity index (χ1) is 12.5. The van der Waals surface area contributed by atoms with E-state index < -0.39 is 5.97 Å². The van der Waals surface area contributed by atoms with E-state index >= 15 is 0 Å². The highest BCUT2D eigenvalue weighted by molar-refractivity contribution is 8.00. The first-order valence-corrected chi connectivity index (χ1v) is 9.93. The Morgan fingerprint density at radius 1 is 1.23 bits per heavy atom. The normalized spacial score (nSPS) is 15.3. The van der Waals surface area contributed by atoms with Crippen LogP contribution < -0.4 is 5.32 Å². The lowest BCUT2D eigenvalue weighted by Gasteiger charge is -2.16. The number of hydrogen-bond acceptors (Lipinski definition) is 5. The number of nitrogens with one attached hydrogen (secondary N) is 1. The number of nitrogens with zero attached hydrogens (tertiary/aromatic N) is 1. The number of likely N-dealkylation sites (N-methyl/N-ethyl adjacent to an activating group) is 1. The Balaban J connectivity index is 1.35. The molecule has 2 aliphatic carbocycles. The van der Waals surface area contributed by atoms with Crippen molar-refractivity contribution in [1.29, 1.82) is 0 Å². The summed E-state index contributed by atoms with van der Waals surface area (Å²) >= 11 is 1.42. The highest BCUT2D eigenvalue weighted by Gasteiger charge is 2.24. The van der Waals surface area contributed by atoms with Gasteiger partial charge in [-0.05, 0) is 55.4 Å². The van der Waals surface area contributed by atoms with Crippen LogP contribution in [0.4, 0.5) is 0 Å². The molecule has 1 aromatic carbocycles. The lowest BCUT2D eigenvalue weighted by atomic mass is 10.1. The van der Waals surface area contributed by atoms with Gasteiger partial charge in [-0.2, -0.15) is 0 Å². The molecule has 1 N–H and O–H groups in total. The fourth-order valence-corrected chi connectivity index (χ4v) is 3.64. The minimum atomic E-state index is -0.431. The number of carbonyl (C=O) groups excluding carboxylic acids is 3. The van der Waals surface area contributed by atoms with E-state index in [1.807, 2.05) is 6.07 Å². The van der Waals surface area contributed by atoms with Gasteiger partial charge in [0.15, 0.2) is 6.61 Å². The molecule has 0 unspecified atom stereocenters. The number of aryl methyl sites for hydroxylation is 2. The van der Waals surface area contributed by atoms with Crippen molar-refractivity contribution < 1.29 is 19.1 Å². The van der Waals surface area contributed by atoms with Gasteiger partial charge < -0.3 is 15.0 Å². The van der Waals surface area contributed by atoms with Gasteiger partial charge in [0.25, 0.3) is 5.91 Å². The molecule has 7 heteroatoms. The van der Waals surface area contributed by atoms with Crippen molar-refractivity contribution in [3.05, 3.63) is 29.3 Å². The fourth-order valence-electron chi connectivity index (χ4n) is 2.88. The van der Waals surface area contributed by atoms with Crippen LogP contribution in [0.5, 0.6) is 0 Å². The lowest BCUT2D eigenvalue weighted by Crippen LogP contribution is -2.40. The Bertz CT molecular complexity index is 703. The topological polar surface area (TPSA) is 75.7 Å². The van der Waals surface area contributed by atoms with E-state index in [1.165, 1.54) is 41.3 Å². The van der Waals surface area contributed by atoms with Crippen molar-refractivity contribution in [2.24, 2.45) is 0 Å². The molecule has 1 aromatic rings. The number of ether oxygens (including phenoxy) is 1. The highest BCUT2D eigenvalue weighted by Crippen LogP contribution is 2.27. The zero-order chi connectivity index (χ0) is 18.5. The minimum absolute atomic E-state index is 0.0171. The molecule has 0 radical (unpaired) electrons. The molecule has 1 fully saturated rings. The summed E-state index contributed by atoms with van der Waals surface area (Å²) in [4.78, 5) is 37.8. The molecular formula is C19H24N2O4S. The van der Waals surface area contributed by atoms with Gasteiger partial charge in [0.1, 0.15) is 0 Å². The predicted molar refractivity (Wildman–Crippen MR) is 99.0 cm³/mol. The molecule has 1 saturated carbocycles. The molecule has 6 nitrogen and oxygen atoms in total. The molecular weight excluding hydrogens is 352 g/mol. The van der Waals surface area contributed by atoms with Gasteiger partial charge in [0.2, 0.25) is 5.91 Å². The maximum Gasteiger partial charge on any atom is 0.316 e. The first-order valence-electron chi connectivity index (χ1n) is 8.95. The summed E-state index contributed by atoms with van der Waals surface area (Å²) in [5.74, 6) is -0.828. The van der Waals surface area contributed by atoms with Gasteiger partial charge >= 0.3 is 5.97 Å². The third-order valence-electron chi connectivity index (χ3n) is 4.53. The number of rotatable bonds is 8. The number of fused-ring (bicyclic) bond motifs is 1. The summed E-state index contributed by atoms with van der Waals surface area (Å²) in [5.41, 5.74) is 2.76. The van der Waals surface area contributed by atoms with Gasteiger partial charge in [0.05, 0.1) is 12.3 Å². The van der Waals surface area contributed by atoms with Crippen LogP contribution in [0.25, 0.3) is 0 Å². The molecule has 0 aliphatic heterocycles. The van der Waals surface area contributed by atoms with Gasteiger partial charge in [-0.1, -0.05) is 6.07 Å². The second-order valence-corrected chi connectivity index (χ2v) is 7.87. The van der Waals surface area contributed by atoms with Crippen molar-refractivity contribution >= 4 is 29.5 Å². The molecule has 2 amide bonds. The van der Waals surface area contributed by atoms with Crippen LogP contribution in [0.3, 0.4) is 0 Å². The Morgan fingerprint density at radius 2 is 2.00 bits per heavy atom. The summed E-state index contributed by atoms with van der Waals surface area (Å²) in [5, 5.41) is 2.82. The Kier molecular flexibility index (Phi) is 6.19. The predicted octanol–water partition coefficient (Wildman–Crippen LogP) is 1.55. The van der Waals surface area contributed by atoms with Gasteiger partial charge in [-0.3, -0.25) is 14.4 Å². The van der Waals surface area contributed by atoms with Gasteiger partial charge in [-0.15, -0.1) is 11.8 Å². The fraction of sp³-hybridized carbons (Fsp3) is 0.526. The van der Waals surface area contributed by atoms with Crippen molar-refractivity contribution in [3.63, 3.8) is 0 Å². The Morgan fingerprint density at radius 3 is 2.77 bits per heavy atom. The van der Waals surface area contributed by atoms with Crippen LogP contribution >= 0.6 is 11.8 Å². The van der Waals surface area contributed by atoms with Crippen LogP contribution in [0.15, 0.2) is 23.1 Å². The van der Waals surface area contributed by atoms with Crippen LogP contribution in [0.2, 0.25) is 0 Å². The molecule has 140 valence electrons. The molecule has 3 rings (SSSR count). The maximum absolute atomic E-state index is 11.9. The maximum atomic E-state index is 11.9. The quantitative estimate of drug-likeness (QED) is 0.550. The monoisotopic (exact) mass is 376 g/mol. The van der Waals surface area contributed by atoms with E-state index in [-0.39, 0.29) is 36.8 Å². The van der Waals surface area contributed by atoms with E-state index in [0.717, 1.165) is 30.6 Å².